The Bertz CT molecular complexity index is 1070. The summed E-state index contributed by atoms with van der Waals surface area (Å²) in [5, 5.41) is 0. The van der Waals surface area contributed by atoms with E-state index in [9.17, 15) is 31.2 Å². The van der Waals surface area contributed by atoms with E-state index in [0.29, 0.717) is 13.1 Å². The minimum atomic E-state index is -6.00. The van der Waals surface area contributed by atoms with Crippen LogP contribution in [0, 0.1) is 5.92 Å². The van der Waals surface area contributed by atoms with Crippen LogP contribution in [0.5, 0.6) is 0 Å². The summed E-state index contributed by atoms with van der Waals surface area (Å²) in [5.74, 6) is -1.83. The maximum Gasteiger partial charge on any atom is 0.523 e. The Morgan fingerprint density at radius 1 is 1.23 bits per heavy atom. The predicted molar refractivity (Wildman–Crippen MR) is 119 cm³/mol. The van der Waals surface area contributed by atoms with Crippen molar-refractivity contribution < 1.29 is 40.1 Å². The number of amides is 1. The molecule has 1 aromatic rings. The average Bonchev–Trinajstić information content (AvgIpc) is 3.10. The summed E-state index contributed by atoms with van der Waals surface area (Å²) >= 11 is 0. The van der Waals surface area contributed by atoms with E-state index in [1.165, 1.54) is 23.5 Å². The van der Waals surface area contributed by atoms with E-state index >= 15 is 0 Å². The third kappa shape index (κ3) is 5.05. The van der Waals surface area contributed by atoms with Crippen LogP contribution in [0.4, 0.5) is 13.2 Å². The lowest BCUT2D eigenvalue weighted by atomic mass is 9.72. The highest BCUT2D eigenvalue weighted by molar-refractivity contribution is 7.87. The molecule has 0 radical (unpaired) electrons. The van der Waals surface area contributed by atoms with Crippen LogP contribution in [0.25, 0.3) is 0 Å². The Labute approximate surface area is 202 Å². The van der Waals surface area contributed by atoms with Gasteiger partial charge in [-0.25, -0.2) is 4.79 Å². The molecule has 4 rings (SSSR count). The van der Waals surface area contributed by atoms with Gasteiger partial charge in [-0.15, -0.1) is 0 Å². The normalized spacial score (nSPS) is 27.5. The lowest BCUT2D eigenvalue weighted by Gasteiger charge is -2.42. The van der Waals surface area contributed by atoms with Crippen molar-refractivity contribution in [3.63, 3.8) is 0 Å². The third-order valence-corrected chi connectivity index (χ3v) is 8.27. The number of hydrogen-bond acceptors (Lipinski definition) is 7. The first-order valence-electron chi connectivity index (χ1n) is 11.7. The molecular formula is C23H29F3N2O6S. The standard InChI is InChI=1S/C23H29F3N2O6S/c1-27(13-14-28-11-5-2-6-12-28)20(29)16-9-10-22(18-8-4-3-7-17(18)21(30)33-22)19(15-16)34-35(31,32)23(24,25)26/h3-4,7-8,16,19H,2,5-6,9-15H2,1H3. The number of likely N-dealkylation sites (N-methyl/N-ethyl adjacent to an activating group) is 1. The lowest BCUT2D eigenvalue weighted by Crippen LogP contribution is -2.51. The third-order valence-electron chi connectivity index (χ3n) is 7.21. The van der Waals surface area contributed by atoms with Crippen molar-refractivity contribution >= 4 is 22.0 Å². The largest absolute Gasteiger partial charge is 0.523 e. The molecule has 0 aromatic heterocycles. The molecule has 8 nitrogen and oxygen atoms in total. The molecule has 1 saturated heterocycles. The maximum absolute atomic E-state index is 13.2. The highest BCUT2D eigenvalue weighted by Crippen LogP contribution is 2.50. The number of piperidine rings is 1. The quantitative estimate of drug-likeness (QED) is 0.325. The number of fused-ring (bicyclic) bond motifs is 2. The number of alkyl halides is 3. The molecule has 3 unspecified atom stereocenters. The van der Waals surface area contributed by atoms with Gasteiger partial charge in [0.1, 0.15) is 6.10 Å². The van der Waals surface area contributed by atoms with E-state index in [4.69, 9.17) is 8.92 Å². The van der Waals surface area contributed by atoms with E-state index in [0.717, 1.165) is 25.9 Å². The fourth-order valence-electron chi connectivity index (χ4n) is 5.29. The van der Waals surface area contributed by atoms with Crippen molar-refractivity contribution in [3.05, 3.63) is 35.4 Å². The zero-order valence-electron chi connectivity index (χ0n) is 19.4. The average molecular weight is 519 g/mol. The van der Waals surface area contributed by atoms with Crippen LogP contribution in [0.3, 0.4) is 0 Å². The van der Waals surface area contributed by atoms with Crippen LogP contribution in [0.2, 0.25) is 0 Å². The summed E-state index contributed by atoms with van der Waals surface area (Å²) in [6.07, 6.45) is 1.55. The molecule has 2 aliphatic heterocycles. The number of halogens is 3. The van der Waals surface area contributed by atoms with E-state index in [1.54, 1.807) is 19.2 Å². The Morgan fingerprint density at radius 3 is 2.60 bits per heavy atom. The number of benzene rings is 1. The number of carbonyl (C=O) groups is 2. The molecule has 3 atom stereocenters. The number of rotatable bonds is 6. The molecule has 35 heavy (non-hydrogen) atoms. The molecule has 0 bridgehead atoms. The van der Waals surface area contributed by atoms with Crippen molar-refractivity contribution in [1.82, 2.24) is 9.80 Å². The molecule has 1 saturated carbocycles. The molecule has 1 spiro atoms. The molecule has 1 aliphatic carbocycles. The van der Waals surface area contributed by atoms with Gasteiger partial charge in [0, 0.05) is 31.6 Å². The second-order valence-corrected chi connectivity index (χ2v) is 11.0. The number of likely N-dealkylation sites (tertiary alicyclic amines) is 1. The van der Waals surface area contributed by atoms with Crippen molar-refractivity contribution in [3.8, 4) is 0 Å². The summed E-state index contributed by atoms with van der Waals surface area (Å²) in [6, 6.07) is 6.15. The predicted octanol–water partition coefficient (Wildman–Crippen LogP) is 3.03. The van der Waals surface area contributed by atoms with Crippen LogP contribution in [-0.4, -0.2) is 74.9 Å². The summed E-state index contributed by atoms with van der Waals surface area (Å²) < 4.78 is 73.7. The Morgan fingerprint density at radius 2 is 1.91 bits per heavy atom. The van der Waals surface area contributed by atoms with E-state index in [-0.39, 0.29) is 36.3 Å². The van der Waals surface area contributed by atoms with Gasteiger partial charge >= 0.3 is 21.6 Å². The van der Waals surface area contributed by atoms with Gasteiger partial charge in [0.05, 0.1) is 5.56 Å². The van der Waals surface area contributed by atoms with E-state index in [1.807, 2.05) is 0 Å². The van der Waals surface area contributed by atoms with Gasteiger partial charge in [-0.1, -0.05) is 24.6 Å². The molecule has 0 N–H and O–H groups in total. The first kappa shape index (κ1) is 25.9. The number of esters is 1. The summed E-state index contributed by atoms with van der Waals surface area (Å²) in [4.78, 5) is 29.4. The summed E-state index contributed by atoms with van der Waals surface area (Å²) in [6.45, 7) is 3.06. The fraction of sp³-hybridized carbons (Fsp3) is 0.652. The summed E-state index contributed by atoms with van der Waals surface area (Å²) in [7, 11) is -4.37. The molecule has 3 aliphatic rings. The smallest absolute Gasteiger partial charge is 0.448 e. The van der Waals surface area contributed by atoms with Crippen LogP contribution in [0.15, 0.2) is 24.3 Å². The molecular weight excluding hydrogens is 489 g/mol. The molecule has 1 aromatic carbocycles. The van der Waals surface area contributed by atoms with Gasteiger partial charge in [0.25, 0.3) is 0 Å². The lowest BCUT2D eigenvalue weighted by molar-refractivity contribution is -0.146. The Hall–Kier alpha value is -2.18. The van der Waals surface area contributed by atoms with Gasteiger partial charge in [-0.05, 0) is 51.3 Å². The number of ether oxygens (including phenoxy) is 1. The topological polar surface area (TPSA) is 93.2 Å². The van der Waals surface area contributed by atoms with Gasteiger partial charge in [0.15, 0.2) is 5.60 Å². The van der Waals surface area contributed by atoms with Crippen LogP contribution in [0.1, 0.15) is 54.4 Å². The van der Waals surface area contributed by atoms with Gasteiger partial charge < -0.3 is 14.5 Å². The van der Waals surface area contributed by atoms with E-state index in [2.05, 4.69) is 4.90 Å². The Kier molecular flexibility index (Phi) is 7.18. The van der Waals surface area contributed by atoms with Gasteiger partial charge in [0.2, 0.25) is 5.91 Å². The maximum atomic E-state index is 13.2. The van der Waals surface area contributed by atoms with Gasteiger partial charge in [-0.3, -0.25) is 8.98 Å². The number of nitrogens with zero attached hydrogens (tertiary/aromatic N) is 2. The minimum Gasteiger partial charge on any atom is -0.448 e. The first-order chi connectivity index (χ1) is 16.4. The van der Waals surface area contributed by atoms with Crippen LogP contribution < -0.4 is 0 Å². The first-order valence-corrected chi connectivity index (χ1v) is 13.2. The molecule has 2 fully saturated rings. The van der Waals surface area contributed by atoms with Crippen molar-refractivity contribution in [2.45, 2.75) is 55.7 Å². The monoisotopic (exact) mass is 518 g/mol. The van der Waals surface area contributed by atoms with Crippen molar-refractivity contribution in [2.24, 2.45) is 5.92 Å². The highest BCUT2D eigenvalue weighted by Gasteiger charge is 2.59. The molecule has 12 heteroatoms. The molecule has 2 heterocycles. The number of carbonyl (C=O) groups excluding carboxylic acids is 2. The van der Waals surface area contributed by atoms with Crippen LogP contribution in [-0.2, 0) is 29.4 Å². The second kappa shape index (κ2) is 9.70. The van der Waals surface area contributed by atoms with Crippen LogP contribution >= 0.6 is 0 Å². The summed E-state index contributed by atoms with van der Waals surface area (Å²) in [5.41, 5.74) is -6.95. The second-order valence-electron chi connectivity index (χ2n) is 9.44. The fourth-order valence-corrected chi connectivity index (χ4v) is 5.94. The van der Waals surface area contributed by atoms with Crippen molar-refractivity contribution in [2.75, 3.05) is 33.2 Å². The SMILES string of the molecule is CN(CCN1CCCCC1)C(=O)C1CCC2(OC(=O)c3ccccc32)C(OS(=O)(=O)C(F)(F)F)C1. The Balaban J connectivity index is 1.55. The van der Waals surface area contributed by atoms with Crippen molar-refractivity contribution in [1.29, 1.82) is 0 Å². The number of hydrogen-bond donors (Lipinski definition) is 0. The molecule has 194 valence electrons. The van der Waals surface area contributed by atoms with Gasteiger partial charge in [-0.2, -0.15) is 21.6 Å². The zero-order chi connectivity index (χ0) is 25.4. The highest BCUT2D eigenvalue weighted by atomic mass is 32.2. The minimum absolute atomic E-state index is 0.0375. The molecule has 1 amide bonds. The zero-order valence-corrected chi connectivity index (χ0v) is 20.2. The van der Waals surface area contributed by atoms with E-state index < -0.39 is 39.2 Å².